The number of aromatic nitrogens is 3. The lowest BCUT2D eigenvalue weighted by Crippen LogP contribution is -2.34. The van der Waals surface area contributed by atoms with Crippen LogP contribution in [-0.4, -0.2) is 28.2 Å². The van der Waals surface area contributed by atoms with Crippen LogP contribution in [0.3, 0.4) is 0 Å². The minimum Gasteiger partial charge on any atom is -0.370 e. The van der Waals surface area contributed by atoms with Crippen molar-refractivity contribution in [1.82, 2.24) is 15.1 Å². The maximum absolute atomic E-state index is 6.36. The largest absolute Gasteiger partial charge is 0.370 e. The third-order valence-electron chi connectivity index (χ3n) is 4.39. The molecule has 124 valence electrons. The molecule has 1 fully saturated rings. The van der Waals surface area contributed by atoms with E-state index in [1.54, 1.807) is 0 Å². The Labute approximate surface area is 153 Å². The molecule has 0 bridgehead atoms. The number of halogens is 2. The molecule has 3 aromatic rings. The number of hydrogen-bond acceptors (Lipinski definition) is 5. The highest BCUT2D eigenvalue weighted by Crippen LogP contribution is 2.36. The Bertz CT molecular complexity index is 897. The summed E-state index contributed by atoms with van der Waals surface area (Å²) in [6.07, 6.45) is 3.96. The van der Waals surface area contributed by atoms with E-state index in [0.717, 1.165) is 52.9 Å². The summed E-state index contributed by atoms with van der Waals surface area (Å²) in [6, 6.07) is 6.00. The van der Waals surface area contributed by atoms with Gasteiger partial charge in [-0.1, -0.05) is 32.7 Å². The number of aryl methyl sites for hydroxylation is 1. The summed E-state index contributed by atoms with van der Waals surface area (Å²) in [5, 5.41) is 5.63. The molecular formula is C17H16BrClN4O. The van der Waals surface area contributed by atoms with Gasteiger partial charge in [-0.05, 0) is 38.0 Å². The molecule has 7 heteroatoms. The predicted octanol–water partition coefficient (Wildman–Crippen LogP) is 4.73. The van der Waals surface area contributed by atoms with Gasteiger partial charge in [-0.3, -0.25) is 4.98 Å². The van der Waals surface area contributed by atoms with Crippen LogP contribution in [0.25, 0.3) is 10.9 Å². The third kappa shape index (κ3) is 2.89. The topological polar surface area (TPSA) is 55.1 Å². The summed E-state index contributed by atoms with van der Waals surface area (Å²) in [6.45, 7) is 3.70. The standard InChI is InChI=1S/C17H16BrClN4O/c1-10-21-17(24-22-10)11-3-2-6-23(9-11)15-4-5-20-16-13(15)7-12(18)8-14(16)19/h4-5,7-8,11H,2-3,6,9H2,1H3. The average molecular weight is 408 g/mol. The first-order valence-corrected chi connectivity index (χ1v) is 9.08. The molecule has 1 unspecified atom stereocenters. The first-order valence-electron chi connectivity index (χ1n) is 7.91. The monoisotopic (exact) mass is 406 g/mol. The molecule has 24 heavy (non-hydrogen) atoms. The summed E-state index contributed by atoms with van der Waals surface area (Å²) < 4.78 is 6.34. The van der Waals surface area contributed by atoms with Gasteiger partial charge in [-0.25, -0.2) is 0 Å². The Hall–Kier alpha value is -1.66. The lowest BCUT2D eigenvalue weighted by molar-refractivity contribution is 0.331. The summed E-state index contributed by atoms with van der Waals surface area (Å²) in [7, 11) is 0. The summed E-state index contributed by atoms with van der Waals surface area (Å²) in [5.41, 5.74) is 1.97. The fourth-order valence-electron chi connectivity index (χ4n) is 3.32. The van der Waals surface area contributed by atoms with E-state index < -0.39 is 0 Å². The Balaban J connectivity index is 1.72. The van der Waals surface area contributed by atoms with E-state index in [1.165, 1.54) is 0 Å². The zero-order chi connectivity index (χ0) is 16.7. The lowest BCUT2D eigenvalue weighted by atomic mass is 9.97. The lowest BCUT2D eigenvalue weighted by Gasteiger charge is -2.33. The van der Waals surface area contributed by atoms with E-state index in [9.17, 15) is 0 Å². The Morgan fingerprint density at radius 1 is 1.38 bits per heavy atom. The molecule has 1 aromatic carbocycles. The minimum atomic E-state index is 0.255. The molecule has 0 spiro atoms. The van der Waals surface area contributed by atoms with Crippen molar-refractivity contribution in [3.8, 4) is 0 Å². The first-order chi connectivity index (χ1) is 11.6. The maximum Gasteiger partial charge on any atom is 0.231 e. The van der Waals surface area contributed by atoms with Gasteiger partial charge < -0.3 is 9.42 Å². The van der Waals surface area contributed by atoms with Crippen LogP contribution >= 0.6 is 27.5 Å². The van der Waals surface area contributed by atoms with Crippen molar-refractivity contribution in [3.05, 3.63) is 45.6 Å². The number of fused-ring (bicyclic) bond motifs is 1. The normalized spacial score (nSPS) is 18.3. The van der Waals surface area contributed by atoms with Crippen LogP contribution in [0.2, 0.25) is 5.02 Å². The van der Waals surface area contributed by atoms with Crippen molar-refractivity contribution in [3.63, 3.8) is 0 Å². The molecule has 0 radical (unpaired) electrons. The number of piperidine rings is 1. The van der Waals surface area contributed by atoms with Crippen molar-refractivity contribution in [2.24, 2.45) is 0 Å². The summed E-state index contributed by atoms with van der Waals surface area (Å²) in [4.78, 5) is 11.2. The Morgan fingerprint density at radius 3 is 3.04 bits per heavy atom. The van der Waals surface area contributed by atoms with Gasteiger partial charge in [-0.2, -0.15) is 4.98 Å². The third-order valence-corrected chi connectivity index (χ3v) is 5.14. The number of benzene rings is 1. The van der Waals surface area contributed by atoms with Gasteiger partial charge in [0.2, 0.25) is 5.89 Å². The second kappa shape index (κ2) is 6.33. The van der Waals surface area contributed by atoms with Gasteiger partial charge in [0.25, 0.3) is 0 Å². The smallest absolute Gasteiger partial charge is 0.231 e. The van der Waals surface area contributed by atoms with Gasteiger partial charge >= 0.3 is 0 Å². The molecule has 2 aromatic heterocycles. The van der Waals surface area contributed by atoms with Crippen LogP contribution in [0, 0.1) is 6.92 Å². The van der Waals surface area contributed by atoms with Gasteiger partial charge in [0.1, 0.15) is 0 Å². The van der Waals surface area contributed by atoms with E-state index in [0.29, 0.717) is 10.8 Å². The van der Waals surface area contributed by atoms with Crippen molar-refractivity contribution in [2.75, 3.05) is 18.0 Å². The molecule has 1 aliphatic rings. The number of hydrogen-bond donors (Lipinski definition) is 0. The van der Waals surface area contributed by atoms with E-state index in [4.69, 9.17) is 16.1 Å². The highest BCUT2D eigenvalue weighted by atomic mass is 79.9. The van der Waals surface area contributed by atoms with Crippen LogP contribution in [-0.2, 0) is 0 Å². The number of rotatable bonds is 2. The highest BCUT2D eigenvalue weighted by Gasteiger charge is 2.27. The van der Waals surface area contributed by atoms with E-state index in [2.05, 4.69) is 42.0 Å². The molecule has 4 rings (SSSR count). The first kappa shape index (κ1) is 15.8. The number of nitrogens with zero attached hydrogens (tertiary/aromatic N) is 4. The minimum absolute atomic E-state index is 0.255. The van der Waals surface area contributed by atoms with Crippen molar-refractivity contribution < 1.29 is 4.52 Å². The Morgan fingerprint density at radius 2 is 2.25 bits per heavy atom. The second-order valence-corrected chi connectivity index (χ2v) is 7.40. The molecule has 1 saturated heterocycles. The SMILES string of the molecule is Cc1noc(C2CCCN(c3ccnc4c(Cl)cc(Br)cc34)C2)n1. The van der Waals surface area contributed by atoms with Gasteiger partial charge in [0.05, 0.1) is 16.5 Å². The predicted molar refractivity (Wildman–Crippen MR) is 97.7 cm³/mol. The summed E-state index contributed by atoms with van der Waals surface area (Å²) in [5.74, 6) is 1.67. The van der Waals surface area contributed by atoms with Gasteiger partial charge in [0.15, 0.2) is 5.82 Å². The second-order valence-electron chi connectivity index (χ2n) is 6.08. The van der Waals surface area contributed by atoms with E-state index in [-0.39, 0.29) is 5.92 Å². The van der Waals surface area contributed by atoms with Crippen molar-refractivity contribution >= 4 is 44.1 Å². The van der Waals surface area contributed by atoms with E-state index in [1.807, 2.05) is 25.3 Å². The van der Waals surface area contributed by atoms with Crippen molar-refractivity contribution in [2.45, 2.75) is 25.7 Å². The zero-order valence-corrected chi connectivity index (χ0v) is 15.5. The average Bonchev–Trinajstić information content (AvgIpc) is 3.01. The molecule has 0 saturated carbocycles. The van der Waals surface area contributed by atoms with Crippen LogP contribution in [0.15, 0.2) is 33.4 Å². The number of pyridine rings is 1. The summed E-state index contributed by atoms with van der Waals surface area (Å²) >= 11 is 9.89. The van der Waals surface area contributed by atoms with Crippen LogP contribution in [0.5, 0.6) is 0 Å². The molecular weight excluding hydrogens is 392 g/mol. The van der Waals surface area contributed by atoms with Crippen LogP contribution in [0.4, 0.5) is 5.69 Å². The van der Waals surface area contributed by atoms with Gasteiger partial charge in [-0.15, -0.1) is 0 Å². The highest BCUT2D eigenvalue weighted by molar-refractivity contribution is 9.10. The molecule has 0 amide bonds. The molecule has 1 atom stereocenters. The molecule has 5 nitrogen and oxygen atoms in total. The zero-order valence-electron chi connectivity index (χ0n) is 13.2. The molecule has 1 aliphatic heterocycles. The van der Waals surface area contributed by atoms with Crippen LogP contribution in [0.1, 0.15) is 30.5 Å². The fourth-order valence-corrected chi connectivity index (χ4v) is 4.17. The van der Waals surface area contributed by atoms with E-state index >= 15 is 0 Å². The van der Waals surface area contributed by atoms with Gasteiger partial charge in [0, 0.05) is 34.8 Å². The number of anilines is 1. The maximum atomic E-state index is 6.36. The van der Waals surface area contributed by atoms with Crippen molar-refractivity contribution in [1.29, 1.82) is 0 Å². The fraction of sp³-hybridized carbons (Fsp3) is 0.353. The molecule has 3 heterocycles. The van der Waals surface area contributed by atoms with Crippen LogP contribution < -0.4 is 4.90 Å². The molecule has 0 aliphatic carbocycles. The quantitative estimate of drug-likeness (QED) is 0.615. The Kier molecular flexibility index (Phi) is 4.18. The molecule has 0 N–H and O–H groups in total.